The monoisotopic (exact) mass is 262 g/mol. The first kappa shape index (κ1) is 13.3. The summed E-state index contributed by atoms with van der Waals surface area (Å²) in [5.41, 5.74) is 6.33. The van der Waals surface area contributed by atoms with Gasteiger partial charge in [-0.15, -0.1) is 5.10 Å². The van der Waals surface area contributed by atoms with E-state index in [9.17, 15) is 13.2 Å². The van der Waals surface area contributed by atoms with Gasteiger partial charge in [-0.2, -0.15) is 13.2 Å². The van der Waals surface area contributed by atoms with Gasteiger partial charge in [0.15, 0.2) is 0 Å². The lowest BCUT2D eigenvalue weighted by molar-refractivity contribution is -0.184. The Bertz CT molecular complexity index is 405. The molecule has 1 saturated carbocycles. The Kier molecular flexibility index (Phi) is 3.35. The van der Waals surface area contributed by atoms with E-state index in [2.05, 4.69) is 10.3 Å². The summed E-state index contributed by atoms with van der Waals surface area (Å²) in [5.74, 6) is -1.20. The van der Waals surface area contributed by atoms with Gasteiger partial charge < -0.3 is 5.73 Å². The maximum Gasteiger partial charge on any atom is 0.391 e. The lowest BCUT2D eigenvalue weighted by atomic mass is 9.74. The fraction of sp³-hybridized carbons (Fsp3) is 0.818. The van der Waals surface area contributed by atoms with Gasteiger partial charge >= 0.3 is 6.18 Å². The zero-order valence-corrected chi connectivity index (χ0v) is 10.2. The Hall–Kier alpha value is -1.11. The van der Waals surface area contributed by atoms with E-state index in [1.807, 2.05) is 0 Å². The molecule has 1 heterocycles. The van der Waals surface area contributed by atoms with Gasteiger partial charge in [0.1, 0.15) is 0 Å². The maximum absolute atomic E-state index is 12.6. The van der Waals surface area contributed by atoms with Crippen LogP contribution < -0.4 is 5.73 Å². The zero-order valence-electron chi connectivity index (χ0n) is 10.2. The molecule has 102 valence electrons. The molecule has 0 bridgehead atoms. The molecule has 18 heavy (non-hydrogen) atoms. The zero-order chi connectivity index (χ0) is 13.4. The lowest BCUT2D eigenvalue weighted by Gasteiger charge is -2.37. The Morgan fingerprint density at radius 1 is 1.44 bits per heavy atom. The van der Waals surface area contributed by atoms with Gasteiger partial charge in [0, 0.05) is 25.2 Å². The third-order valence-electron chi connectivity index (χ3n) is 3.63. The molecule has 1 aliphatic carbocycles. The van der Waals surface area contributed by atoms with Crippen LogP contribution in [-0.2, 0) is 13.5 Å². The molecule has 1 aromatic heterocycles. The van der Waals surface area contributed by atoms with Crippen LogP contribution in [0.25, 0.3) is 0 Å². The highest BCUT2D eigenvalue weighted by molar-refractivity contribution is 5.03. The Labute approximate surface area is 103 Å². The van der Waals surface area contributed by atoms with Crippen molar-refractivity contribution in [3.05, 3.63) is 11.9 Å². The summed E-state index contributed by atoms with van der Waals surface area (Å²) in [7, 11) is 1.75. The fourth-order valence-corrected chi connectivity index (χ4v) is 2.53. The Morgan fingerprint density at radius 2 is 2.06 bits per heavy atom. The molecule has 0 spiro atoms. The number of hydrogen-bond donors (Lipinski definition) is 1. The topological polar surface area (TPSA) is 56.7 Å². The molecule has 0 saturated heterocycles. The molecule has 0 radical (unpaired) electrons. The molecule has 2 N–H and O–H groups in total. The van der Waals surface area contributed by atoms with E-state index >= 15 is 0 Å². The Morgan fingerprint density at radius 3 is 2.50 bits per heavy atom. The van der Waals surface area contributed by atoms with Crippen LogP contribution in [0.2, 0.25) is 0 Å². The van der Waals surface area contributed by atoms with Crippen molar-refractivity contribution in [1.82, 2.24) is 15.0 Å². The van der Waals surface area contributed by atoms with Crippen LogP contribution in [0, 0.1) is 5.92 Å². The van der Waals surface area contributed by atoms with Crippen LogP contribution in [0.4, 0.5) is 13.2 Å². The van der Waals surface area contributed by atoms with E-state index < -0.39 is 17.6 Å². The third kappa shape index (κ3) is 3.01. The average molecular weight is 262 g/mol. The molecule has 0 unspecified atom stereocenters. The molecule has 1 aliphatic rings. The van der Waals surface area contributed by atoms with Gasteiger partial charge in [-0.05, 0) is 25.7 Å². The van der Waals surface area contributed by atoms with Crippen molar-refractivity contribution in [3.8, 4) is 0 Å². The van der Waals surface area contributed by atoms with Crippen molar-refractivity contribution >= 4 is 0 Å². The minimum atomic E-state index is -4.09. The van der Waals surface area contributed by atoms with E-state index in [0.717, 1.165) is 5.69 Å². The number of rotatable bonds is 2. The van der Waals surface area contributed by atoms with Crippen LogP contribution in [0.5, 0.6) is 0 Å². The molecule has 0 atom stereocenters. The predicted molar refractivity (Wildman–Crippen MR) is 59.6 cm³/mol. The second kappa shape index (κ2) is 4.53. The van der Waals surface area contributed by atoms with Crippen LogP contribution >= 0.6 is 0 Å². The van der Waals surface area contributed by atoms with Crippen LogP contribution in [0.3, 0.4) is 0 Å². The van der Waals surface area contributed by atoms with Crippen molar-refractivity contribution < 1.29 is 13.2 Å². The normalized spacial score (nSPS) is 29.5. The minimum absolute atomic E-state index is 0.111. The Balaban J connectivity index is 1.95. The molecule has 0 aliphatic heterocycles. The summed E-state index contributed by atoms with van der Waals surface area (Å²) < 4.78 is 39.2. The SMILES string of the molecule is Cn1cc(CC2(N)CCC(C(F)(F)F)CC2)nn1. The van der Waals surface area contributed by atoms with E-state index in [1.54, 1.807) is 17.9 Å². The summed E-state index contributed by atoms with van der Waals surface area (Å²) >= 11 is 0. The summed E-state index contributed by atoms with van der Waals surface area (Å²) in [6, 6.07) is 0. The van der Waals surface area contributed by atoms with Crippen molar-refractivity contribution in [2.45, 2.75) is 43.8 Å². The first-order valence-corrected chi connectivity index (χ1v) is 5.99. The lowest BCUT2D eigenvalue weighted by Crippen LogP contribution is -2.47. The van der Waals surface area contributed by atoms with Crippen LogP contribution in [0.1, 0.15) is 31.4 Å². The van der Waals surface area contributed by atoms with Gasteiger partial charge in [-0.3, -0.25) is 4.68 Å². The van der Waals surface area contributed by atoms with Crippen LogP contribution in [0.15, 0.2) is 6.20 Å². The number of aromatic nitrogens is 3. The number of alkyl halides is 3. The highest BCUT2D eigenvalue weighted by atomic mass is 19.4. The van der Waals surface area contributed by atoms with Gasteiger partial charge in [0.25, 0.3) is 0 Å². The molecule has 0 amide bonds. The van der Waals surface area contributed by atoms with E-state index in [4.69, 9.17) is 5.73 Å². The fourth-order valence-electron chi connectivity index (χ4n) is 2.53. The van der Waals surface area contributed by atoms with Gasteiger partial charge in [-0.25, -0.2) is 0 Å². The molecule has 1 aromatic rings. The molecular formula is C11H17F3N4. The van der Waals surface area contributed by atoms with Crippen LogP contribution in [-0.4, -0.2) is 26.7 Å². The summed E-state index contributed by atoms with van der Waals surface area (Å²) in [6.45, 7) is 0. The largest absolute Gasteiger partial charge is 0.391 e. The summed E-state index contributed by atoms with van der Waals surface area (Å²) in [5, 5.41) is 7.73. The smallest absolute Gasteiger partial charge is 0.325 e. The van der Waals surface area contributed by atoms with Crippen molar-refractivity contribution in [2.75, 3.05) is 0 Å². The minimum Gasteiger partial charge on any atom is -0.325 e. The number of nitrogens with zero attached hydrogens (tertiary/aromatic N) is 3. The van der Waals surface area contributed by atoms with E-state index in [1.165, 1.54) is 0 Å². The van der Waals surface area contributed by atoms with Crippen molar-refractivity contribution in [2.24, 2.45) is 18.7 Å². The second-order valence-corrected chi connectivity index (χ2v) is 5.24. The third-order valence-corrected chi connectivity index (χ3v) is 3.63. The van der Waals surface area contributed by atoms with E-state index in [-0.39, 0.29) is 12.8 Å². The van der Waals surface area contributed by atoms with Gasteiger partial charge in [0.05, 0.1) is 11.6 Å². The maximum atomic E-state index is 12.6. The predicted octanol–water partition coefficient (Wildman–Crippen LogP) is 1.81. The first-order valence-electron chi connectivity index (χ1n) is 5.99. The highest BCUT2D eigenvalue weighted by Crippen LogP contribution is 2.41. The summed E-state index contributed by atoms with van der Waals surface area (Å²) in [6.07, 6.45) is -0.855. The molecule has 0 aromatic carbocycles. The number of nitrogens with two attached hydrogens (primary N) is 1. The standard InChI is InChI=1S/C11H17F3N4/c1-18-7-9(16-17-18)6-10(15)4-2-8(3-5-10)11(12,13)14/h7-8H,2-6,15H2,1H3. The second-order valence-electron chi connectivity index (χ2n) is 5.24. The average Bonchev–Trinajstić information content (AvgIpc) is 2.62. The number of aryl methyl sites for hydroxylation is 1. The van der Waals surface area contributed by atoms with Crippen molar-refractivity contribution in [1.29, 1.82) is 0 Å². The molecule has 1 fully saturated rings. The van der Waals surface area contributed by atoms with Gasteiger partial charge in [0.2, 0.25) is 0 Å². The van der Waals surface area contributed by atoms with E-state index in [0.29, 0.717) is 19.3 Å². The van der Waals surface area contributed by atoms with Crippen molar-refractivity contribution in [3.63, 3.8) is 0 Å². The quantitative estimate of drug-likeness (QED) is 0.884. The molecule has 7 heteroatoms. The first-order chi connectivity index (χ1) is 8.28. The summed E-state index contributed by atoms with van der Waals surface area (Å²) in [4.78, 5) is 0. The molecule has 2 rings (SSSR count). The number of halogens is 3. The highest BCUT2D eigenvalue weighted by Gasteiger charge is 2.44. The van der Waals surface area contributed by atoms with Gasteiger partial charge in [-0.1, -0.05) is 5.21 Å². The number of hydrogen-bond acceptors (Lipinski definition) is 3. The molecule has 4 nitrogen and oxygen atoms in total. The molecular weight excluding hydrogens is 245 g/mol.